The normalized spacial score (nSPS) is 49.8. The molecule has 0 aromatic rings. The van der Waals surface area contributed by atoms with Crippen molar-refractivity contribution in [3.05, 3.63) is 0 Å². The molecule has 1 unspecified atom stereocenters. The van der Waals surface area contributed by atoms with E-state index >= 15 is 0 Å². The van der Waals surface area contributed by atoms with Gasteiger partial charge in [0.15, 0.2) is 0 Å². The first-order chi connectivity index (χ1) is 12.5. The van der Waals surface area contributed by atoms with E-state index in [0.717, 1.165) is 32.1 Å². The van der Waals surface area contributed by atoms with E-state index < -0.39 is 10.4 Å². The molecule has 4 fully saturated rings. The van der Waals surface area contributed by atoms with Crippen LogP contribution in [0, 0.1) is 40.4 Å². The zero-order valence-electron chi connectivity index (χ0n) is 16.8. The summed E-state index contributed by atoms with van der Waals surface area (Å²) in [6.45, 7) is 6.57. The molecule has 154 valence electrons. The first-order valence-corrected chi connectivity index (χ1v) is 12.1. The largest absolute Gasteiger partial charge is 0.397 e. The van der Waals surface area contributed by atoms with Crippen LogP contribution in [0.5, 0.6) is 0 Å². The molecule has 4 saturated carbocycles. The fourth-order valence-electron chi connectivity index (χ4n) is 8.15. The summed E-state index contributed by atoms with van der Waals surface area (Å²) in [6, 6.07) is 0. The molecule has 0 aliphatic heterocycles. The topological polar surface area (TPSA) is 80.7 Å². The van der Waals surface area contributed by atoms with Crippen molar-refractivity contribution in [2.75, 3.05) is 0 Å². The highest BCUT2D eigenvalue weighted by atomic mass is 32.3. The molecule has 5 nitrogen and oxygen atoms in total. The van der Waals surface area contributed by atoms with Crippen LogP contribution in [0.4, 0.5) is 0 Å². The summed E-state index contributed by atoms with van der Waals surface area (Å²) in [5.41, 5.74) is 0.416. The van der Waals surface area contributed by atoms with Crippen molar-refractivity contribution < 1.29 is 21.9 Å². The summed E-state index contributed by atoms with van der Waals surface area (Å²) in [6.07, 6.45) is 8.92. The van der Waals surface area contributed by atoms with Gasteiger partial charge >= 0.3 is 10.4 Å². The zero-order chi connectivity index (χ0) is 19.6. The Bertz CT molecular complexity index is 718. The van der Waals surface area contributed by atoms with Crippen molar-refractivity contribution in [2.24, 2.45) is 40.4 Å². The lowest BCUT2D eigenvalue weighted by Crippen LogP contribution is -2.54. The lowest BCUT2D eigenvalue weighted by Gasteiger charge is -2.61. The molecule has 0 spiro atoms. The lowest BCUT2D eigenvalue weighted by molar-refractivity contribution is -0.137. The molecule has 4 aliphatic carbocycles. The minimum atomic E-state index is -4.37. The summed E-state index contributed by atoms with van der Waals surface area (Å²) < 4.78 is 36.2. The SMILES string of the molecule is CC(=O)[C@H]1CC[C@H]2[C@@H]3CC[C@H]4CC(OS(=O)(=O)O)CC[C@]4(C)[C@H]3CC[C@]12C. The van der Waals surface area contributed by atoms with E-state index in [2.05, 4.69) is 13.8 Å². The van der Waals surface area contributed by atoms with Gasteiger partial charge in [-0.1, -0.05) is 13.8 Å². The molecule has 4 rings (SSSR count). The van der Waals surface area contributed by atoms with Crippen LogP contribution in [-0.2, 0) is 19.4 Å². The number of fused-ring (bicyclic) bond motifs is 5. The smallest absolute Gasteiger partial charge is 0.300 e. The first-order valence-electron chi connectivity index (χ1n) is 10.7. The van der Waals surface area contributed by atoms with Gasteiger partial charge in [0.2, 0.25) is 0 Å². The fraction of sp³-hybridized carbons (Fsp3) is 0.952. The van der Waals surface area contributed by atoms with Crippen molar-refractivity contribution in [1.29, 1.82) is 0 Å². The molecule has 6 heteroatoms. The third kappa shape index (κ3) is 3.20. The maximum atomic E-state index is 12.2. The number of hydrogen-bond donors (Lipinski definition) is 1. The van der Waals surface area contributed by atoms with Gasteiger partial charge < -0.3 is 0 Å². The van der Waals surface area contributed by atoms with E-state index in [1.54, 1.807) is 6.92 Å². The molecule has 0 heterocycles. The molecule has 0 aromatic carbocycles. The molecule has 0 bridgehead atoms. The van der Waals surface area contributed by atoms with Crippen LogP contribution < -0.4 is 0 Å². The molecule has 4 aliphatic rings. The second kappa shape index (κ2) is 6.53. The molecule has 27 heavy (non-hydrogen) atoms. The van der Waals surface area contributed by atoms with Gasteiger partial charge in [-0.3, -0.25) is 9.35 Å². The Kier molecular flexibility index (Phi) is 4.80. The van der Waals surface area contributed by atoms with Crippen LogP contribution in [0.25, 0.3) is 0 Å². The van der Waals surface area contributed by atoms with Crippen LogP contribution in [0.2, 0.25) is 0 Å². The van der Waals surface area contributed by atoms with Gasteiger partial charge in [-0.25, -0.2) is 4.18 Å². The number of hydrogen-bond acceptors (Lipinski definition) is 4. The Morgan fingerprint density at radius 2 is 1.63 bits per heavy atom. The van der Waals surface area contributed by atoms with E-state index in [-0.39, 0.29) is 22.9 Å². The predicted molar refractivity (Wildman–Crippen MR) is 102 cm³/mol. The summed E-state index contributed by atoms with van der Waals surface area (Å²) >= 11 is 0. The van der Waals surface area contributed by atoms with E-state index in [9.17, 15) is 13.2 Å². The van der Waals surface area contributed by atoms with Crippen LogP contribution in [-0.4, -0.2) is 24.9 Å². The second-order valence-corrected chi connectivity index (χ2v) is 11.4. The van der Waals surface area contributed by atoms with E-state index in [0.29, 0.717) is 35.9 Å². The number of ketones is 1. The molecule has 0 radical (unpaired) electrons. The monoisotopic (exact) mass is 398 g/mol. The number of rotatable bonds is 3. The Labute approximate surface area is 163 Å². The molecular weight excluding hydrogens is 364 g/mol. The third-order valence-corrected chi connectivity index (χ3v) is 9.88. The average molecular weight is 399 g/mol. The van der Waals surface area contributed by atoms with E-state index in [1.165, 1.54) is 19.3 Å². The van der Waals surface area contributed by atoms with Gasteiger partial charge in [-0.2, -0.15) is 8.42 Å². The molecule has 8 atom stereocenters. The highest BCUT2D eigenvalue weighted by Gasteiger charge is 2.60. The van der Waals surface area contributed by atoms with Crippen LogP contribution in [0.3, 0.4) is 0 Å². The Morgan fingerprint density at radius 1 is 0.963 bits per heavy atom. The minimum absolute atomic E-state index is 0.182. The van der Waals surface area contributed by atoms with Crippen molar-refractivity contribution in [3.8, 4) is 0 Å². The summed E-state index contributed by atoms with van der Waals surface area (Å²) in [5, 5.41) is 0. The van der Waals surface area contributed by atoms with Gasteiger partial charge in [0.1, 0.15) is 5.78 Å². The number of carbonyl (C=O) groups is 1. The molecular formula is C21H34O5S. The van der Waals surface area contributed by atoms with E-state index in [4.69, 9.17) is 8.74 Å². The van der Waals surface area contributed by atoms with Crippen molar-refractivity contribution >= 4 is 16.2 Å². The summed E-state index contributed by atoms with van der Waals surface area (Å²) in [7, 11) is -4.37. The van der Waals surface area contributed by atoms with Crippen LogP contribution >= 0.6 is 0 Å². The third-order valence-electron chi connectivity index (χ3n) is 9.37. The predicted octanol–water partition coefficient (Wildman–Crippen LogP) is 4.42. The van der Waals surface area contributed by atoms with Gasteiger partial charge in [-0.15, -0.1) is 0 Å². The minimum Gasteiger partial charge on any atom is -0.300 e. The maximum absolute atomic E-state index is 12.2. The average Bonchev–Trinajstić information content (AvgIpc) is 2.91. The summed E-state index contributed by atoms with van der Waals surface area (Å²) in [4.78, 5) is 12.2. The zero-order valence-corrected chi connectivity index (χ0v) is 17.6. The maximum Gasteiger partial charge on any atom is 0.397 e. The molecule has 0 saturated heterocycles. The van der Waals surface area contributed by atoms with Crippen LogP contribution in [0.15, 0.2) is 0 Å². The van der Waals surface area contributed by atoms with E-state index in [1.807, 2.05) is 0 Å². The van der Waals surface area contributed by atoms with Gasteiger partial charge in [0.05, 0.1) is 6.10 Å². The molecule has 0 amide bonds. The van der Waals surface area contributed by atoms with Gasteiger partial charge in [0.25, 0.3) is 0 Å². The fourth-order valence-corrected chi connectivity index (χ4v) is 8.66. The number of carbonyl (C=O) groups excluding carboxylic acids is 1. The standard InChI is InChI=1S/C21H34O5S/c1-13(22)17-6-7-18-16-5-4-14-12-15(26-27(23,24)25)8-10-20(14,2)19(16)9-11-21(17,18)3/h14-19H,4-12H2,1-3H3,(H,23,24,25)/t14-,15?,16-,17+,18-,19-,20-,21+/m0/s1. The Morgan fingerprint density at radius 3 is 2.30 bits per heavy atom. The molecule has 1 N–H and O–H groups in total. The van der Waals surface area contributed by atoms with Crippen molar-refractivity contribution in [2.45, 2.75) is 84.7 Å². The lowest BCUT2D eigenvalue weighted by atomic mass is 9.44. The van der Waals surface area contributed by atoms with Crippen molar-refractivity contribution in [1.82, 2.24) is 0 Å². The van der Waals surface area contributed by atoms with Crippen molar-refractivity contribution in [3.63, 3.8) is 0 Å². The number of Topliss-reactive ketones (excluding diaryl/α,β-unsaturated/α-hetero) is 1. The Balaban J connectivity index is 1.53. The first kappa shape index (κ1) is 19.8. The highest BCUT2D eigenvalue weighted by Crippen LogP contribution is 2.67. The Hall–Kier alpha value is -0.460. The second-order valence-electron chi connectivity index (χ2n) is 10.4. The quantitative estimate of drug-likeness (QED) is 0.712. The molecule has 0 aromatic heterocycles. The van der Waals surface area contributed by atoms with Crippen LogP contribution in [0.1, 0.15) is 78.6 Å². The summed E-state index contributed by atoms with van der Waals surface area (Å²) in [5.74, 6) is 3.12. The highest BCUT2D eigenvalue weighted by molar-refractivity contribution is 7.80. The van der Waals surface area contributed by atoms with Gasteiger partial charge in [-0.05, 0) is 99.2 Å². The van der Waals surface area contributed by atoms with Gasteiger partial charge in [0, 0.05) is 5.92 Å².